The Morgan fingerprint density at radius 3 is 1.43 bits per heavy atom. The first-order chi connectivity index (χ1) is 13.4. The molecule has 0 radical (unpaired) electrons. The Kier molecular flexibility index (Phi) is 6.39. The van der Waals surface area contributed by atoms with Crippen LogP contribution >= 0.6 is 7.26 Å². The molecule has 0 amide bonds. The van der Waals surface area contributed by atoms with E-state index >= 15 is 0 Å². The van der Waals surface area contributed by atoms with Crippen molar-refractivity contribution >= 4 is 24.2 Å². The van der Waals surface area contributed by atoms with E-state index in [4.69, 9.17) is 0 Å². The maximum Gasteiger partial charge on any atom is 0.186 e. The van der Waals surface area contributed by atoms with Crippen LogP contribution in [0.3, 0.4) is 0 Å². The number of allylic oxidation sites excluding steroid dienone is 3. The zero-order chi connectivity index (χ0) is 20.0. The van der Waals surface area contributed by atoms with Crippen LogP contribution in [0.4, 0.5) is 0 Å². The maximum absolute atomic E-state index is 13.0. The third kappa shape index (κ3) is 5.38. The highest BCUT2D eigenvalue weighted by molar-refractivity contribution is 7.76. The van der Waals surface area contributed by atoms with Gasteiger partial charge in [-0.15, -0.1) is 0 Å². The van der Waals surface area contributed by atoms with Crippen LogP contribution in [0.15, 0.2) is 103 Å². The van der Waals surface area contributed by atoms with E-state index in [1.54, 1.807) is 6.08 Å². The summed E-state index contributed by atoms with van der Waals surface area (Å²) in [4.78, 5) is 13.0. The third-order valence-electron chi connectivity index (χ3n) is 4.31. The van der Waals surface area contributed by atoms with Gasteiger partial charge in [-0.3, -0.25) is 4.79 Å². The first-order valence-electron chi connectivity index (χ1n) is 9.40. The highest BCUT2D eigenvalue weighted by Crippen LogP contribution is 2.52. The summed E-state index contributed by atoms with van der Waals surface area (Å²) in [5, 5.41) is 0. The lowest BCUT2D eigenvalue weighted by Crippen LogP contribution is -1.99. The van der Waals surface area contributed by atoms with Gasteiger partial charge in [0.2, 0.25) is 0 Å². The van der Waals surface area contributed by atoms with Crippen molar-refractivity contribution in [1.82, 2.24) is 0 Å². The smallest absolute Gasteiger partial charge is 0.186 e. The molecule has 0 atom stereocenters. The molecule has 1 nitrogen and oxygen atoms in total. The number of carbonyl (C=O) groups excluding carboxylic acids is 1. The molecule has 0 spiro atoms. The first kappa shape index (κ1) is 20.0. The number of rotatable bonds is 6. The Morgan fingerprint density at radius 1 is 0.607 bits per heavy atom. The minimum atomic E-state index is -1.24. The topological polar surface area (TPSA) is 17.1 Å². The molecule has 0 unspecified atom stereocenters. The van der Waals surface area contributed by atoms with Crippen LogP contribution in [0, 0.1) is 0 Å². The van der Waals surface area contributed by atoms with E-state index < -0.39 is 7.26 Å². The monoisotopic (exact) mass is 385 g/mol. The molecule has 3 aromatic carbocycles. The van der Waals surface area contributed by atoms with Crippen LogP contribution in [0.2, 0.25) is 0 Å². The van der Waals surface area contributed by atoms with E-state index in [2.05, 4.69) is 50.1 Å². The Hall–Kier alpha value is -2.76. The number of hydrogen-bond acceptors (Lipinski definition) is 1. The predicted octanol–water partition coefficient (Wildman–Crippen LogP) is 6.90. The first-order valence-corrected chi connectivity index (χ1v) is 12.6. The van der Waals surface area contributed by atoms with Crippen molar-refractivity contribution in [3.8, 4) is 0 Å². The second kappa shape index (κ2) is 8.95. The molecule has 2 heteroatoms. The molecule has 0 fully saturated rings. The normalized spacial score (nSPS) is 12.7. The molecule has 140 valence electrons. The number of benzene rings is 3. The Labute approximate surface area is 168 Å². The van der Waals surface area contributed by atoms with Crippen molar-refractivity contribution in [3.05, 3.63) is 120 Å². The van der Waals surface area contributed by atoms with Crippen molar-refractivity contribution in [1.29, 1.82) is 0 Å². The summed E-state index contributed by atoms with van der Waals surface area (Å²) in [5.41, 5.74) is 4.98. The highest BCUT2D eigenvalue weighted by Gasteiger charge is 2.21. The lowest BCUT2D eigenvalue weighted by Gasteiger charge is -2.16. The van der Waals surface area contributed by atoms with Crippen molar-refractivity contribution in [2.24, 2.45) is 0 Å². The third-order valence-corrected chi connectivity index (χ3v) is 5.34. The van der Waals surface area contributed by atoms with Gasteiger partial charge in [0.05, 0.1) is 25.8 Å². The number of hydrogen-bond donors (Lipinski definition) is 0. The van der Waals surface area contributed by atoms with Crippen LogP contribution in [-0.2, 0) is 0 Å². The SMILES string of the molecule is C[P+](C)(C)/C=C(/C(=C\C(=O)c1ccccc1)c1ccccc1)c1ccccc1. The number of carbonyl (C=O) groups is 1. The van der Waals surface area contributed by atoms with Crippen molar-refractivity contribution < 1.29 is 4.79 Å². The lowest BCUT2D eigenvalue weighted by molar-refractivity contribution is 0.104. The molecular formula is C26H26OP+. The Morgan fingerprint density at radius 2 is 1.00 bits per heavy atom. The van der Waals surface area contributed by atoms with Gasteiger partial charge >= 0.3 is 0 Å². The molecule has 3 rings (SSSR count). The van der Waals surface area contributed by atoms with Gasteiger partial charge < -0.3 is 0 Å². The van der Waals surface area contributed by atoms with Crippen LogP contribution in [0.5, 0.6) is 0 Å². The van der Waals surface area contributed by atoms with Crippen molar-refractivity contribution in [2.75, 3.05) is 20.0 Å². The van der Waals surface area contributed by atoms with E-state index in [0.29, 0.717) is 5.56 Å². The Balaban J connectivity index is 2.20. The van der Waals surface area contributed by atoms with E-state index in [-0.39, 0.29) is 5.78 Å². The van der Waals surface area contributed by atoms with Crippen molar-refractivity contribution in [3.63, 3.8) is 0 Å². The van der Waals surface area contributed by atoms with Crippen molar-refractivity contribution in [2.45, 2.75) is 0 Å². The van der Waals surface area contributed by atoms with Crippen LogP contribution in [0.1, 0.15) is 21.5 Å². The van der Waals surface area contributed by atoms with E-state index in [1.807, 2.05) is 66.7 Å². The fourth-order valence-electron chi connectivity index (χ4n) is 3.06. The minimum Gasteiger partial charge on any atom is -0.289 e. The average Bonchev–Trinajstić information content (AvgIpc) is 2.71. The van der Waals surface area contributed by atoms with Gasteiger partial charge in [-0.05, 0) is 22.8 Å². The fourth-order valence-corrected chi connectivity index (χ4v) is 4.12. The van der Waals surface area contributed by atoms with Gasteiger partial charge in [0.15, 0.2) is 5.78 Å². The zero-order valence-electron chi connectivity index (χ0n) is 16.7. The van der Waals surface area contributed by atoms with E-state index in [9.17, 15) is 4.79 Å². The largest absolute Gasteiger partial charge is 0.289 e. The average molecular weight is 385 g/mol. The molecule has 0 N–H and O–H groups in total. The predicted molar refractivity (Wildman–Crippen MR) is 124 cm³/mol. The summed E-state index contributed by atoms with van der Waals surface area (Å²) in [6, 6.07) is 30.0. The van der Waals surface area contributed by atoms with Gasteiger partial charge in [0, 0.05) is 18.4 Å². The fraction of sp³-hybridized carbons (Fsp3) is 0.115. The quantitative estimate of drug-likeness (QED) is 0.195. The second-order valence-corrected chi connectivity index (χ2v) is 12.2. The molecule has 28 heavy (non-hydrogen) atoms. The molecule has 0 aliphatic heterocycles. The highest BCUT2D eigenvalue weighted by atomic mass is 31.2. The molecular weight excluding hydrogens is 359 g/mol. The zero-order valence-corrected chi connectivity index (χ0v) is 17.6. The standard InChI is InChI=1S/C26H26OP/c1-28(2,3)20-25(22-15-9-5-10-16-22)24(21-13-7-4-8-14-21)19-26(27)23-17-11-6-12-18-23/h4-20H,1-3H3/q+1/b24-19-,25-20+. The molecule has 0 aromatic heterocycles. The van der Waals surface area contributed by atoms with Crippen LogP contribution < -0.4 is 0 Å². The molecule has 0 bridgehead atoms. The molecule has 0 aliphatic rings. The molecule has 0 heterocycles. The van der Waals surface area contributed by atoms with Gasteiger partial charge in [-0.2, -0.15) is 0 Å². The lowest BCUT2D eigenvalue weighted by atomic mass is 9.92. The van der Waals surface area contributed by atoms with Gasteiger partial charge in [-0.1, -0.05) is 91.0 Å². The summed E-state index contributed by atoms with van der Waals surface area (Å²) in [7, 11) is -1.24. The summed E-state index contributed by atoms with van der Waals surface area (Å²) < 4.78 is 0. The van der Waals surface area contributed by atoms with Gasteiger partial charge in [0.1, 0.15) is 0 Å². The summed E-state index contributed by atoms with van der Waals surface area (Å²) in [6.07, 6.45) is 1.79. The maximum atomic E-state index is 13.0. The summed E-state index contributed by atoms with van der Waals surface area (Å²) in [6.45, 7) is 6.87. The second-order valence-electron chi connectivity index (χ2n) is 7.68. The summed E-state index contributed by atoms with van der Waals surface area (Å²) >= 11 is 0. The molecule has 3 aromatic rings. The molecule has 0 aliphatic carbocycles. The van der Waals surface area contributed by atoms with Gasteiger partial charge in [-0.25, -0.2) is 0 Å². The van der Waals surface area contributed by atoms with E-state index in [1.165, 1.54) is 0 Å². The van der Waals surface area contributed by atoms with E-state index in [0.717, 1.165) is 22.3 Å². The minimum absolute atomic E-state index is 0.0218. The molecule has 0 saturated carbocycles. The summed E-state index contributed by atoms with van der Waals surface area (Å²) in [5.74, 6) is 2.38. The van der Waals surface area contributed by atoms with Gasteiger partial charge in [0.25, 0.3) is 0 Å². The molecule has 0 saturated heterocycles. The Bertz CT molecular complexity index is 979. The van der Waals surface area contributed by atoms with Crippen LogP contribution in [0.25, 0.3) is 11.1 Å². The van der Waals surface area contributed by atoms with Crippen LogP contribution in [-0.4, -0.2) is 25.8 Å². The number of ketones is 1.